The van der Waals surface area contributed by atoms with Gasteiger partial charge in [-0.05, 0) is 42.2 Å². The summed E-state index contributed by atoms with van der Waals surface area (Å²) in [6, 6.07) is 10.3. The minimum Gasteiger partial charge on any atom is -0.351 e. The van der Waals surface area contributed by atoms with Crippen LogP contribution >= 0.6 is 11.3 Å². The van der Waals surface area contributed by atoms with E-state index < -0.39 is 0 Å². The molecular weight excluding hydrogens is 290 g/mol. The van der Waals surface area contributed by atoms with Crippen LogP contribution in [-0.4, -0.2) is 12.5 Å². The van der Waals surface area contributed by atoms with Gasteiger partial charge in [0, 0.05) is 16.8 Å². The van der Waals surface area contributed by atoms with Crippen LogP contribution in [-0.2, 0) is 12.8 Å². The number of benzene rings is 1. The van der Waals surface area contributed by atoms with Crippen LogP contribution in [0.25, 0.3) is 0 Å². The summed E-state index contributed by atoms with van der Waals surface area (Å²) in [6.45, 7) is 5.13. The van der Waals surface area contributed by atoms with Gasteiger partial charge in [-0.1, -0.05) is 44.2 Å². The fraction of sp³-hybridized carbons (Fsp3) is 0.421. The third kappa shape index (κ3) is 3.25. The van der Waals surface area contributed by atoms with Gasteiger partial charge in [0.15, 0.2) is 0 Å². The lowest BCUT2D eigenvalue weighted by atomic mass is 9.88. The van der Waals surface area contributed by atoms with E-state index >= 15 is 0 Å². The number of fused-ring (bicyclic) bond motifs is 1. The van der Waals surface area contributed by atoms with Crippen LogP contribution in [0.1, 0.15) is 52.5 Å². The van der Waals surface area contributed by atoms with Gasteiger partial charge in [-0.25, -0.2) is 0 Å². The highest BCUT2D eigenvalue weighted by molar-refractivity contribution is 7.10. The van der Waals surface area contributed by atoms with Crippen molar-refractivity contribution in [3.8, 4) is 0 Å². The molecule has 0 spiro atoms. The van der Waals surface area contributed by atoms with Crippen LogP contribution in [0.3, 0.4) is 0 Å². The molecule has 0 saturated carbocycles. The predicted octanol–water partition coefficient (Wildman–Crippen LogP) is 4.41. The topological polar surface area (TPSA) is 29.1 Å². The van der Waals surface area contributed by atoms with Crippen molar-refractivity contribution >= 4 is 17.2 Å². The molecule has 1 aliphatic carbocycles. The highest BCUT2D eigenvalue weighted by Gasteiger charge is 2.23. The number of hydrogen-bond donors (Lipinski definition) is 1. The zero-order valence-corrected chi connectivity index (χ0v) is 14.1. The second-order valence-corrected chi connectivity index (χ2v) is 7.39. The molecule has 0 fully saturated rings. The molecule has 2 atom stereocenters. The number of carbonyl (C=O) groups is 1. The second-order valence-electron chi connectivity index (χ2n) is 6.42. The molecule has 1 aromatic carbocycles. The molecule has 1 N–H and O–H groups in total. The number of carbonyl (C=O) groups excluding carboxylic acids is 1. The fourth-order valence-electron chi connectivity index (χ4n) is 3.11. The van der Waals surface area contributed by atoms with Crippen molar-refractivity contribution in [2.75, 3.05) is 6.54 Å². The molecule has 0 unspecified atom stereocenters. The minimum absolute atomic E-state index is 0.0924. The second kappa shape index (κ2) is 6.66. The maximum absolute atomic E-state index is 12.5. The summed E-state index contributed by atoms with van der Waals surface area (Å²) in [5.74, 6) is 1.18. The van der Waals surface area contributed by atoms with Crippen molar-refractivity contribution in [1.82, 2.24) is 5.32 Å². The highest BCUT2D eigenvalue weighted by atomic mass is 32.1. The van der Waals surface area contributed by atoms with E-state index in [1.54, 1.807) is 11.3 Å². The lowest BCUT2D eigenvalue weighted by molar-refractivity contribution is 0.0951. The Balaban J connectivity index is 1.63. The first-order chi connectivity index (χ1) is 10.6. The van der Waals surface area contributed by atoms with E-state index in [1.165, 1.54) is 22.4 Å². The van der Waals surface area contributed by atoms with E-state index in [9.17, 15) is 4.79 Å². The van der Waals surface area contributed by atoms with Crippen LogP contribution in [0, 0.1) is 5.92 Å². The van der Waals surface area contributed by atoms with E-state index in [-0.39, 0.29) is 5.91 Å². The molecule has 1 heterocycles. The lowest BCUT2D eigenvalue weighted by Gasteiger charge is -2.19. The third-order valence-corrected chi connectivity index (χ3v) is 5.63. The number of hydrogen-bond acceptors (Lipinski definition) is 2. The van der Waals surface area contributed by atoms with E-state index in [1.807, 2.05) is 23.6 Å². The summed E-state index contributed by atoms with van der Waals surface area (Å²) >= 11 is 1.75. The Morgan fingerprint density at radius 1 is 1.36 bits per heavy atom. The molecule has 0 aliphatic heterocycles. The molecule has 0 bridgehead atoms. The van der Waals surface area contributed by atoms with Gasteiger partial charge in [-0.2, -0.15) is 0 Å². The predicted molar refractivity (Wildman–Crippen MR) is 92.7 cm³/mol. The Bertz CT molecular complexity index is 647. The number of rotatable bonds is 4. The Morgan fingerprint density at radius 3 is 2.91 bits per heavy atom. The van der Waals surface area contributed by atoms with Crippen LogP contribution in [0.5, 0.6) is 0 Å². The standard InChI is InChI=1S/C19H23NOS/c1-13-8-9-16-17(12-22-18(16)10-13)19(21)20-11-14(2)15-6-4-3-5-7-15/h3-7,12-14H,8-11H2,1-2H3,(H,20,21)/t13-,14-/m0/s1. The molecule has 2 aromatic rings. The Hall–Kier alpha value is -1.61. The molecule has 0 radical (unpaired) electrons. The van der Waals surface area contributed by atoms with E-state index in [4.69, 9.17) is 0 Å². The van der Waals surface area contributed by atoms with Gasteiger partial charge in [-0.3, -0.25) is 4.79 Å². The maximum atomic E-state index is 12.5. The molecule has 0 saturated heterocycles. The summed E-state index contributed by atoms with van der Waals surface area (Å²) < 4.78 is 0. The molecular formula is C19H23NOS. The van der Waals surface area contributed by atoms with Gasteiger partial charge in [-0.15, -0.1) is 11.3 Å². The van der Waals surface area contributed by atoms with Crippen molar-refractivity contribution in [3.63, 3.8) is 0 Å². The first-order valence-electron chi connectivity index (χ1n) is 8.07. The van der Waals surface area contributed by atoms with Gasteiger partial charge >= 0.3 is 0 Å². The molecule has 1 aromatic heterocycles. The Labute approximate surface area is 136 Å². The molecule has 22 heavy (non-hydrogen) atoms. The summed E-state index contributed by atoms with van der Waals surface area (Å²) in [5.41, 5.74) is 3.48. The smallest absolute Gasteiger partial charge is 0.252 e. The molecule has 1 amide bonds. The minimum atomic E-state index is 0.0924. The van der Waals surface area contributed by atoms with Crippen molar-refractivity contribution in [2.24, 2.45) is 5.92 Å². The zero-order chi connectivity index (χ0) is 15.5. The monoisotopic (exact) mass is 313 g/mol. The van der Waals surface area contributed by atoms with Crippen molar-refractivity contribution in [1.29, 1.82) is 0 Å². The van der Waals surface area contributed by atoms with Gasteiger partial charge in [0.25, 0.3) is 5.91 Å². The fourth-order valence-corrected chi connectivity index (χ4v) is 4.35. The van der Waals surface area contributed by atoms with Gasteiger partial charge in [0.1, 0.15) is 0 Å². The number of thiophene rings is 1. The average Bonchev–Trinajstić information content (AvgIpc) is 2.96. The van der Waals surface area contributed by atoms with Crippen molar-refractivity contribution in [2.45, 2.75) is 39.0 Å². The van der Waals surface area contributed by atoms with E-state index in [0.717, 1.165) is 24.3 Å². The highest BCUT2D eigenvalue weighted by Crippen LogP contribution is 2.32. The van der Waals surface area contributed by atoms with Gasteiger partial charge in [0.2, 0.25) is 0 Å². The molecule has 3 heteroatoms. The SMILES string of the molecule is C[C@H]1CCc2c(C(=O)NC[C@H](C)c3ccccc3)csc2C1. The third-order valence-electron chi connectivity index (χ3n) is 4.58. The normalized spacial score (nSPS) is 18.5. The quantitative estimate of drug-likeness (QED) is 0.890. The first kappa shape index (κ1) is 15.3. The summed E-state index contributed by atoms with van der Waals surface area (Å²) in [5, 5.41) is 5.16. The average molecular weight is 313 g/mol. The van der Waals surface area contributed by atoms with Crippen molar-refractivity contribution in [3.05, 3.63) is 57.3 Å². The summed E-state index contributed by atoms with van der Waals surface area (Å²) in [4.78, 5) is 13.9. The summed E-state index contributed by atoms with van der Waals surface area (Å²) in [6.07, 6.45) is 3.38. The number of amides is 1. The molecule has 3 rings (SSSR count). The molecule has 2 nitrogen and oxygen atoms in total. The van der Waals surface area contributed by atoms with Crippen LogP contribution in [0.4, 0.5) is 0 Å². The first-order valence-corrected chi connectivity index (χ1v) is 8.95. The lowest BCUT2D eigenvalue weighted by Crippen LogP contribution is -2.28. The van der Waals surface area contributed by atoms with Crippen LogP contribution in [0.15, 0.2) is 35.7 Å². The largest absolute Gasteiger partial charge is 0.351 e. The Morgan fingerprint density at radius 2 is 2.14 bits per heavy atom. The maximum Gasteiger partial charge on any atom is 0.252 e. The van der Waals surface area contributed by atoms with Crippen LogP contribution in [0.2, 0.25) is 0 Å². The van der Waals surface area contributed by atoms with E-state index in [2.05, 4.69) is 31.3 Å². The number of nitrogens with one attached hydrogen (secondary N) is 1. The van der Waals surface area contributed by atoms with Crippen molar-refractivity contribution < 1.29 is 4.79 Å². The van der Waals surface area contributed by atoms with E-state index in [0.29, 0.717) is 12.5 Å². The Kier molecular flexibility index (Phi) is 4.63. The van der Waals surface area contributed by atoms with Gasteiger partial charge < -0.3 is 5.32 Å². The van der Waals surface area contributed by atoms with Crippen LogP contribution < -0.4 is 5.32 Å². The summed E-state index contributed by atoms with van der Waals surface area (Å²) in [7, 11) is 0. The molecule has 1 aliphatic rings. The molecule has 116 valence electrons. The van der Waals surface area contributed by atoms with Gasteiger partial charge in [0.05, 0.1) is 5.56 Å². The zero-order valence-electron chi connectivity index (χ0n) is 13.3.